The molecular formula is C13H18N2O2. The molecule has 0 saturated heterocycles. The molecule has 1 aromatic rings. The Bertz CT molecular complexity index is 385. The van der Waals surface area contributed by atoms with Crippen LogP contribution in [0.25, 0.3) is 0 Å². The Kier molecular flexibility index (Phi) is 3.61. The summed E-state index contributed by atoms with van der Waals surface area (Å²) in [5.41, 5.74) is 1.13. The monoisotopic (exact) mass is 234 g/mol. The third kappa shape index (κ3) is 3.19. The summed E-state index contributed by atoms with van der Waals surface area (Å²) in [5, 5.41) is 0. The SMILES string of the molecule is CCOC(=O)CN(c1ccc(C)cn1)C1CC1. The molecular weight excluding hydrogens is 216 g/mol. The van der Waals surface area contributed by atoms with Crippen LogP contribution < -0.4 is 4.90 Å². The normalized spacial score (nSPS) is 14.5. The molecule has 1 fully saturated rings. The van der Waals surface area contributed by atoms with Gasteiger partial charge >= 0.3 is 5.97 Å². The van der Waals surface area contributed by atoms with Crippen molar-refractivity contribution in [3.8, 4) is 0 Å². The van der Waals surface area contributed by atoms with Crippen molar-refractivity contribution < 1.29 is 9.53 Å². The van der Waals surface area contributed by atoms with Crippen LogP contribution in [0.3, 0.4) is 0 Å². The number of carbonyl (C=O) groups excluding carboxylic acids is 1. The minimum absolute atomic E-state index is 0.179. The molecule has 1 heterocycles. The fourth-order valence-corrected chi connectivity index (χ4v) is 1.76. The number of hydrogen-bond donors (Lipinski definition) is 0. The fraction of sp³-hybridized carbons (Fsp3) is 0.538. The largest absolute Gasteiger partial charge is 0.465 e. The molecule has 1 saturated carbocycles. The van der Waals surface area contributed by atoms with Gasteiger partial charge in [0.05, 0.1) is 6.61 Å². The zero-order valence-electron chi connectivity index (χ0n) is 10.3. The molecule has 0 unspecified atom stereocenters. The van der Waals surface area contributed by atoms with Crippen molar-refractivity contribution in [1.82, 2.24) is 4.98 Å². The highest BCUT2D eigenvalue weighted by Crippen LogP contribution is 2.30. The Morgan fingerprint density at radius 1 is 1.53 bits per heavy atom. The lowest BCUT2D eigenvalue weighted by atomic mass is 10.3. The Morgan fingerprint density at radius 2 is 2.29 bits per heavy atom. The van der Waals surface area contributed by atoms with Gasteiger partial charge in [-0.15, -0.1) is 0 Å². The van der Waals surface area contributed by atoms with Crippen molar-refractivity contribution in [1.29, 1.82) is 0 Å². The minimum Gasteiger partial charge on any atom is -0.465 e. The molecule has 0 aliphatic heterocycles. The van der Waals surface area contributed by atoms with E-state index < -0.39 is 0 Å². The third-order valence-electron chi connectivity index (χ3n) is 2.78. The molecule has 1 aliphatic carbocycles. The van der Waals surface area contributed by atoms with Crippen LogP contribution in [0.15, 0.2) is 18.3 Å². The summed E-state index contributed by atoms with van der Waals surface area (Å²) in [4.78, 5) is 17.9. The lowest BCUT2D eigenvalue weighted by molar-refractivity contribution is -0.141. The van der Waals surface area contributed by atoms with Gasteiger partial charge in [0, 0.05) is 12.2 Å². The van der Waals surface area contributed by atoms with Crippen LogP contribution in [0.5, 0.6) is 0 Å². The summed E-state index contributed by atoms with van der Waals surface area (Å²) in [6.45, 7) is 4.56. The molecule has 2 rings (SSSR count). The lowest BCUT2D eigenvalue weighted by Crippen LogP contribution is -2.33. The summed E-state index contributed by atoms with van der Waals surface area (Å²) in [6.07, 6.45) is 4.10. The summed E-state index contributed by atoms with van der Waals surface area (Å²) >= 11 is 0. The zero-order chi connectivity index (χ0) is 12.3. The second-order valence-corrected chi connectivity index (χ2v) is 4.36. The maximum Gasteiger partial charge on any atom is 0.325 e. The van der Waals surface area contributed by atoms with Crippen molar-refractivity contribution in [2.75, 3.05) is 18.1 Å². The van der Waals surface area contributed by atoms with Crippen molar-refractivity contribution in [2.45, 2.75) is 32.7 Å². The molecule has 17 heavy (non-hydrogen) atoms. The Hall–Kier alpha value is -1.58. The number of rotatable bonds is 5. The van der Waals surface area contributed by atoms with Crippen molar-refractivity contribution in [3.63, 3.8) is 0 Å². The van der Waals surface area contributed by atoms with Crippen LogP contribution in [-0.2, 0) is 9.53 Å². The first kappa shape index (κ1) is 11.9. The molecule has 0 amide bonds. The van der Waals surface area contributed by atoms with E-state index in [0.717, 1.165) is 24.2 Å². The van der Waals surface area contributed by atoms with Gasteiger partial charge in [-0.2, -0.15) is 0 Å². The van der Waals surface area contributed by atoms with Gasteiger partial charge in [0.2, 0.25) is 0 Å². The minimum atomic E-state index is -0.179. The van der Waals surface area contributed by atoms with Gasteiger partial charge in [-0.1, -0.05) is 6.07 Å². The van der Waals surface area contributed by atoms with Crippen LogP contribution in [0, 0.1) is 6.92 Å². The molecule has 0 bridgehead atoms. The van der Waals surface area contributed by atoms with Crippen LogP contribution in [-0.4, -0.2) is 30.1 Å². The van der Waals surface area contributed by atoms with E-state index in [4.69, 9.17) is 4.74 Å². The van der Waals surface area contributed by atoms with Crippen molar-refractivity contribution >= 4 is 11.8 Å². The Labute approximate surface area is 102 Å². The Morgan fingerprint density at radius 3 is 2.82 bits per heavy atom. The van der Waals surface area contributed by atoms with Crippen molar-refractivity contribution in [2.24, 2.45) is 0 Å². The quantitative estimate of drug-likeness (QED) is 0.730. The number of ether oxygens (including phenoxy) is 1. The number of hydrogen-bond acceptors (Lipinski definition) is 4. The average molecular weight is 234 g/mol. The summed E-state index contributed by atoms with van der Waals surface area (Å²) < 4.78 is 4.99. The van der Waals surface area contributed by atoms with E-state index >= 15 is 0 Å². The smallest absolute Gasteiger partial charge is 0.325 e. The number of anilines is 1. The van der Waals surface area contributed by atoms with E-state index in [2.05, 4.69) is 4.98 Å². The predicted molar refractivity (Wildman–Crippen MR) is 66.0 cm³/mol. The van der Waals surface area contributed by atoms with Gasteiger partial charge in [0.1, 0.15) is 12.4 Å². The first-order valence-corrected chi connectivity index (χ1v) is 6.05. The molecule has 0 atom stereocenters. The first-order valence-electron chi connectivity index (χ1n) is 6.05. The lowest BCUT2D eigenvalue weighted by Gasteiger charge is -2.22. The highest BCUT2D eigenvalue weighted by molar-refractivity contribution is 5.75. The fourth-order valence-electron chi connectivity index (χ4n) is 1.76. The van der Waals surface area contributed by atoms with E-state index in [-0.39, 0.29) is 5.97 Å². The maximum atomic E-state index is 11.5. The highest BCUT2D eigenvalue weighted by Gasteiger charge is 2.31. The van der Waals surface area contributed by atoms with Gasteiger partial charge in [0.15, 0.2) is 0 Å². The Balaban J connectivity index is 2.06. The number of esters is 1. The average Bonchev–Trinajstić information content (AvgIpc) is 3.12. The number of nitrogens with zero attached hydrogens (tertiary/aromatic N) is 2. The second-order valence-electron chi connectivity index (χ2n) is 4.36. The second kappa shape index (κ2) is 5.17. The summed E-state index contributed by atoms with van der Waals surface area (Å²) in [7, 11) is 0. The molecule has 4 heteroatoms. The maximum absolute atomic E-state index is 11.5. The molecule has 0 spiro atoms. The van der Waals surface area contributed by atoms with E-state index in [0.29, 0.717) is 19.2 Å². The van der Waals surface area contributed by atoms with Gasteiger partial charge in [0.25, 0.3) is 0 Å². The molecule has 1 aromatic heterocycles. The topological polar surface area (TPSA) is 42.4 Å². The first-order chi connectivity index (χ1) is 8.20. The van der Waals surface area contributed by atoms with Gasteiger partial charge in [-0.05, 0) is 38.3 Å². The molecule has 1 aliphatic rings. The molecule has 0 N–H and O–H groups in total. The van der Waals surface area contributed by atoms with Gasteiger partial charge in [-0.3, -0.25) is 4.79 Å². The van der Waals surface area contributed by atoms with E-state index in [1.807, 2.05) is 37.1 Å². The van der Waals surface area contributed by atoms with E-state index in [9.17, 15) is 4.79 Å². The molecule has 0 aromatic carbocycles. The number of aryl methyl sites for hydroxylation is 1. The number of aromatic nitrogens is 1. The van der Waals surface area contributed by atoms with E-state index in [1.54, 1.807) is 0 Å². The van der Waals surface area contributed by atoms with Gasteiger partial charge < -0.3 is 9.64 Å². The van der Waals surface area contributed by atoms with Crippen LogP contribution in [0.2, 0.25) is 0 Å². The highest BCUT2D eigenvalue weighted by atomic mass is 16.5. The molecule has 0 radical (unpaired) electrons. The summed E-state index contributed by atoms with van der Waals surface area (Å²) in [5.74, 6) is 0.688. The van der Waals surface area contributed by atoms with Crippen LogP contribution in [0.1, 0.15) is 25.3 Å². The van der Waals surface area contributed by atoms with Crippen LogP contribution >= 0.6 is 0 Å². The zero-order valence-corrected chi connectivity index (χ0v) is 10.3. The standard InChI is InChI=1S/C13H18N2O2/c1-3-17-13(16)9-15(11-5-6-11)12-7-4-10(2)8-14-12/h4,7-8,11H,3,5-6,9H2,1-2H3. The summed E-state index contributed by atoms with van der Waals surface area (Å²) in [6, 6.07) is 4.44. The van der Waals surface area contributed by atoms with Gasteiger partial charge in [-0.25, -0.2) is 4.98 Å². The predicted octanol–water partition coefficient (Wildman–Crippen LogP) is 1.92. The third-order valence-corrected chi connectivity index (χ3v) is 2.78. The number of pyridine rings is 1. The van der Waals surface area contributed by atoms with Crippen molar-refractivity contribution in [3.05, 3.63) is 23.9 Å². The molecule has 92 valence electrons. The van der Waals surface area contributed by atoms with Crippen LogP contribution in [0.4, 0.5) is 5.82 Å². The van der Waals surface area contributed by atoms with E-state index in [1.165, 1.54) is 0 Å². The number of carbonyl (C=O) groups is 1. The molecule has 4 nitrogen and oxygen atoms in total.